The van der Waals surface area contributed by atoms with Crippen molar-refractivity contribution in [1.82, 2.24) is 5.32 Å². The first kappa shape index (κ1) is 11.5. The summed E-state index contributed by atoms with van der Waals surface area (Å²) < 4.78 is 0. The average Bonchev–Trinajstić information content (AvgIpc) is 2.38. The Labute approximate surface area is 90.8 Å². The van der Waals surface area contributed by atoms with E-state index in [1.807, 2.05) is 11.8 Å². The molecule has 1 unspecified atom stereocenters. The third-order valence-electron chi connectivity index (χ3n) is 2.46. The van der Waals surface area contributed by atoms with E-state index < -0.39 is 0 Å². The second-order valence-electron chi connectivity index (χ2n) is 3.92. The summed E-state index contributed by atoms with van der Waals surface area (Å²) in [5.74, 6) is 2.41. The Balaban J connectivity index is 2.87. The van der Waals surface area contributed by atoms with Crippen LogP contribution in [0.5, 0.6) is 0 Å². The van der Waals surface area contributed by atoms with E-state index in [1.165, 1.54) is 0 Å². The van der Waals surface area contributed by atoms with E-state index in [0.29, 0.717) is 12.0 Å². The van der Waals surface area contributed by atoms with Crippen LogP contribution in [0.4, 0.5) is 0 Å². The number of allylic oxidation sites excluding steroid dienone is 1. The summed E-state index contributed by atoms with van der Waals surface area (Å²) in [6, 6.07) is 2.85. The molecule has 78 valence electrons. The molecular formula is C11H18N2S. The number of hydrogen-bond donors (Lipinski definition) is 1. The normalized spacial score (nSPS) is 22.9. The van der Waals surface area contributed by atoms with Crippen molar-refractivity contribution in [3.63, 3.8) is 0 Å². The third kappa shape index (κ3) is 2.68. The molecule has 1 atom stereocenters. The minimum Gasteiger partial charge on any atom is -0.384 e. The van der Waals surface area contributed by atoms with Crippen LogP contribution in [0, 0.1) is 17.2 Å². The summed E-state index contributed by atoms with van der Waals surface area (Å²) in [4.78, 5) is 0. The number of nitrogens with one attached hydrogen (secondary N) is 1. The first-order chi connectivity index (χ1) is 6.69. The maximum atomic E-state index is 9.03. The van der Waals surface area contributed by atoms with Crippen molar-refractivity contribution in [3.05, 3.63) is 11.3 Å². The Morgan fingerprint density at radius 1 is 1.64 bits per heavy atom. The van der Waals surface area contributed by atoms with Crippen molar-refractivity contribution in [2.45, 2.75) is 33.2 Å². The van der Waals surface area contributed by atoms with Crippen LogP contribution in [0.2, 0.25) is 0 Å². The van der Waals surface area contributed by atoms with E-state index >= 15 is 0 Å². The van der Waals surface area contributed by atoms with Crippen LogP contribution in [0.25, 0.3) is 0 Å². The lowest BCUT2D eigenvalue weighted by atomic mass is 10.0. The molecule has 1 aliphatic heterocycles. The molecule has 0 aromatic heterocycles. The van der Waals surface area contributed by atoms with Gasteiger partial charge in [0.2, 0.25) is 0 Å². The fraction of sp³-hybridized carbons (Fsp3) is 0.727. The number of thioether (sulfide) groups is 1. The molecule has 0 radical (unpaired) electrons. The quantitative estimate of drug-likeness (QED) is 0.761. The second-order valence-corrected chi connectivity index (χ2v) is 4.95. The molecule has 0 aliphatic carbocycles. The van der Waals surface area contributed by atoms with Gasteiger partial charge < -0.3 is 5.32 Å². The fourth-order valence-electron chi connectivity index (χ4n) is 1.56. The zero-order valence-corrected chi connectivity index (χ0v) is 9.95. The molecule has 1 N–H and O–H groups in total. The van der Waals surface area contributed by atoms with Gasteiger partial charge in [0.1, 0.15) is 0 Å². The molecule has 0 amide bonds. The van der Waals surface area contributed by atoms with E-state index in [2.05, 4.69) is 32.2 Å². The maximum Gasteiger partial charge on any atom is 0.0974 e. The summed E-state index contributed by atoms with van der Waals surface area (Å²) >= 11 is 1.86. The van der Waals surface area contributed by atoms with Gasteiger partial charge in [0.05, 0.1) is 11.6 Å². The van der Waals surface area contributed by atoms with Gasteiger partial charge in [-0.15, -0.1) is 0 Å². The predicted molar refractivity (Wildman–Crippen MR) is 62.0 cm³/mol. The van der Waals surface area contributed by atoms with Gasteiger partial charge in [-0.1, -0.05) is 20.8 Å². The zero-order chi connectivity index (χ0) is 10.6. The maximum absolute atomic E-state index is 9.03. The molecule has 3 heteroatoms. The number of rotatable bonds is 2. The van der Waals surface area contributed by atoms with Crippen LogP contribution < -0.4 is 5.32 Å². The van der Waals surface area contributed by atoms with Gasteiger partial charge >= 0.3 is 0 Å². The monoisotopic (exact) mass is 210 g/mol. The molecule has 1 heterocycles. The highest BCUT2D eigenvalue weighted by atomic mass is 32.2. The highest BCUT2D eigenvalue weighted by molar-refractivity contribution is 7.99. The van der Waals surface area contributed by atoms with Crippen molar-refractivity contribution in [2.24, 2.45) is 5.92 Å². The Morgan fingerprint density at radius 3 is 2.86 bits per heavy atom. The molecular weight excluding hydrogens is 192 g/mol. The average molecular weight is 210 g/mol. The first-order valence-corrected chi connectivity index (χ1v) is 6.31. The Hall–Kier alpha value is -0.620. The molecule has 0 fully saturated rings. The topological polar surface area (TPSA) is 35.8 Å². The van der Waals surface area contributed by atoms with Crippen LogP contribution >= 0.6 is 11.8 Å². The van der Waals surface area contributed by atoms with E-state index in [-0.39, 0.29) is 0 Å². The Morgan fingerprint density at radius 2 is 2.36 bits per heavy atom. The van der Waals surface area contributed by atoms with Gasteiger partial charge in [0, 0.05) is 23.2 Å². The third-order valence-corrected chi connectivity index (χ3v) is 3.59. The van der Waals surface area contributed by atoms with E-state index in [1.54, 1.807) is 0 Å². The second kappa shape index (κ2) is 5.31. The molecule has 1 rings (SSSR count). The summed E-state index contributed by atoms with van der Waals surface area (Å²) in [6.07, 6.45) is 1.13. The number of nitrogens with zero attached hydrogens (tertiary/aromatic N) is 1. The smallest absolute Gasteiger partial charge is 0.0974 e. The standard InChI is InChI=1S/C11H18N2S/c1-4-10-7-14-6-9(5-12)11(13-10)8(2)3/h8,10,13H,4,6-7H2,1-3H3. The number of hydrogen-bond acceptors (Lipinski definition) is 3. The minimum absolute atomic E-state index is 0.428. The van der Waals surface area contributed by atoms with Crippen molar-refractivity contribution in [2.75, 3.05) is 11.5 Å². The SMILES string of the molecule is CCC1CSCC(C#N)=C(C(C)C)N1. The van der Waals surface area contributed by atoms with Crippen LogP contribution in [-0.2, 0) is 0 Å². The molecule has 0 bridgehead atoms. The summed E-state index contributed by atoms with van der Waals surface area (Å²) in [6.45, 7) is 6.47. The highest BCUT2D eigenvalue weighted by Crippen LogP contribution is 2.22. The molecule has 1 aliphatic rings. The van der Waals surface area contributed by atoms with Gasteiger partial charge in [-0.2, -0.15) is 17.0 Å². The van der Waals surface area contributed by atoms with Gasteiger partial charge in [-0.3, -0.25) is 0 Å². The number of nitriles is 1. The van der Waals surface area contributed by atoms with Crippen molar-refractivity contribution in [1.29, 1.82) is 5.26 Å². The van der Waals surface area contributed by atoms with E-state index in [4.69, 9.17) is 5.26 Å². The minimum atomic E-state index is 0.428. The van der Waals surface area contributed by atoms with Gasteiger partial charge in [0.25, 0.3) is 0 Å². The van der Waals surface area contributed by atoms with Crippen LogP contribution in [0.1, 0.15) is 27.2 Å². The summed E-state index contributed by atoms with van der Waals surface area (Å²) in [5, 5.41) is 12.5. The first-order valence-electron chi connectivity index (χ1n) is 5.16. The van der Waals surface area contributed by atoms with Crippen molar-refractivity contribution >= 4 is 11.8 Å². The van der Waals surface area contributed by atoms with Crippen LogP contribution in [0.3, 0.4) is 0 Å². The summed E-state index contributed by atoms with van der Waals surface area (Å²) in [5.41, 5.74) is 2.09. The molecule has 0 aromatic rings. The lowest BCUT2D eigenvalue weighted by Crippen LogP contribution is -2.31. The predicted octanol–water partition coefficient (Wildman–Crippen LogP) is 2.54. The molecule has 14 heavy (non-hydrogen) atoms. The highest BCUT2D eigenvalue weighted by Gasteiger charge is 2.18. The zero-order valence-electron chi connectivity index (χ0n) is 9.13. The molecule has 2 nitrogen and oxygen atoms in total. The van der Waals surface area contributed by atoms with Crippen molar-refractivity contribution < 1.29 is 0 Å². The summed E-state index contributed by atoms with van der Waals surface area (Å²) in [7, 11) is 0. The fourth-order valence-corrected chi connectivity index (χ4v) is 2.70. The van der Waals surface area contributed by atoms with Crippen LogP contribution in [0.15, 0.2) is 11.3 Å². The van der Waals surface area contributed by atoms with E-state index in [9.17, 15) is 0 Å². The Kier molecular flexibility index (Phi) is 4.34. The molecule has 0 aromatic carbocycles. The largest absolute Gasteiger partial charge is 0.384 e. The Bertz CT molecular complexity index is 263. The van der Waals surface area contributed by atoms with Gasteiger partial charge in [-0.05, 0) is 12.3 Å². The molecule has 0 saturated heterocycles. The van der Waals surface area contributed by atoms with Gasteiger partial charge in [0.15, 0.2) is 0 Å². The van der Waals surface area contributed by atoms with Crippen molar-refractivity contribution in [3.8, 4) is 6.07 Å². The molecule has 0 spiro atoms. The lowest BCUT2D eigenvalue weighted by molar-refractivity contribution is 0.550. The van der Waals surface area contributed by atoms with Gasteiger partial charge in [-0.25, -0.2) is 0 Å². The van der Waals surface area contributed by atoms with Crippen LogP contribution in [-0.4, -0.2) is 17.5 Å². The van der Waals surface area contributed by atoms with E-state index in [0.717, 1.165) is 29.2 Å². The molecule has 0 saturated carbocycles. The lowest BCUT2D eigenvalue weighted by Gasteiger charge is -2.20.